The Balaban J connectivity index is 1.24. The van der Waals surface area contributed by atoms with Gasteiger partial charge in [-0.2, -0.15) is 0 Å². The number of carbonyl (C=O) groups is 2. The summed E-state index contributed by atoms with van der Waals surface area (Å²) in [4.78, 5) is 25.1. The van der Waals surface area contributed by atoms with Crippen molar-refractivity contribution in [2.45, 2.75) is 43.6 Å². The second kappa shape index (κ2) is 10.8. The van der Waals surface area contributed by atoms with Gasteiger partial charge in [0.15, 0.2) is 0 Å². The van der Waals surface area contributed by atoms with Gasteiger partial charge in [-0.05, 0) is 42.3 Å². The maximum atomic E-state index is 12.6. The molecule has 3 amide bonds. The van der Waals surface area contributed by atoms with Crippen molar-refractivity contribution in [1.82, 2.24) is 5.32 Å². The zero-order valence-electron chi connectivity index (χ0n) is 19.7. The summed E-state index contributed by atoms with van der Waals surface area (Å²) < 4.78 is 12.2. The number of aliphatic hydroxyl groups is 1. The molecule has 4 atom stereocenters. The molecular weight excluding hydrogens is 458 g/mol. The fourth-order valence-corrected chi connectivity index (χ4v) is 4.86. The third-order valence-electron chi connectivity index (χ3n) is 6.53. The molecular formula is C28H29N3O5. The maximum absolute atomic E-state index is 12.6. The van der Waals surface area contributed by atoms with Crippen LogP contribution in [-0.2, 0) is 16.1 Å². The highest BCUT2D eigenvalue weighted by Crippen LogP contribution is 2.47. The Morgan fingerprint density at radius 2 is 1.64 bits per heavy atom. The van der Waals surface area contributed by atoms with E-state index in [0.29, 0.717) is 30.1 Å². The molecule has 3 aromatic carbocycles. The van der Waals surface area contributed by atoms with Gasteiger partial charge in [0.05, 0.1) is 19.1 Å². The lowest BCUT2D eigenvalue weighted by Crippen LogP contribution is -2.47. The highest BCUT2D eigenvalue weighted by Gasteiger charge is 2.46. The zero-order chi connectivity index (χ0) is 24.9. The topological polar surface area (TPSA) is 109 Å². The van der Waals surface area contributed by atoms with Crippen LogP contribution in [0.5, 0.6) is 5.75 Å². The van der Waals surface area contributed by atoms with Crippen LogP contribution in [0, 0.1) is 0 Å². The van der Waals surface area contributed by atoms with Crippen LogP contribution < -0.4 is 20.7 Å². The Bertz CT molecular complexity index is 1200. The molecule has 0 aromatic heterocycles. The molecule has 4 N–H and O–H groups in total. The Labute approximate surface area is 209 Å². The first kappa shape index (κ1) is 23.8. The van der Waals surface area contributed by atoms with E-state index in [2.05, 4.69) is 16.0 Å². The SMILES string of the molecule is O=C(C[C@H]1C[C@@H]2c3cc(NC(=O)Nc4ccccc4)ccc3O[C@@H]2[C@H](CO)O1)NCc1ccccc1. The van der Waals surface area contributed by atoms with Gasteiger partial charge >= 0.3 is 6.03 Å². The van der Waals surface area contributed by atoms with Crippen molar-refractivity contribution in [1.29, 1.82) is 0 Å². The van der Waals surface area contributed by atoms with E-state index < -0.39 is 6.10 Å². The first-order chi connectivity index (χ1) is 17.6. The van der Waals surface area contributed by atoms with E-state index in [1.54, 1.807) is 6.07 Å². The first-order valence-electron chi connectivity index (χ1n) is 12.1. The number of rotatable bonds is 7. The fraction of sp³-hybridized carbons (Fsp3) is 0.286. The number of amides is 3. The van der Waals surface area contributed by atoms with Crippen LogP contribution in [0.15, 0.2) is 78.9 Å². The molecule has 0 unspecified atom stereocenters. The molecule has 0 saturated carbocycles. The number of aliphatic hydroxyl groups excluding tert-OH is 1. The minimum atomic E-state index is -0.541. The molecule has 1 fully saturated rings. The number of urea groups is 1. The molecule has 2 aliphatic rings. The van der Waals surface area contributed by atoms with Crippen molar-refractivity contribution in [3.8, 4) is 5.75 Å². The molecule has 186 valence electrons. The third-order valence-corrected chi connectivity index (χ3v) is 6.53. The van der Waals surface area contributed by atoms with Gasteiger partial charge in [0.2, 0.25) is 5.91 Å². The highest BCUT2D eigenvalue weighted by atomic mass is 16.6. The van der Waals surface area contributed by atoms with Gasteiger partial charge in [0.25, 0.3) is 0 Å². The van der Waals surface area contributed by atoms with Crippen molar-refractivity contribution in [3.63, 3.8) is 0 Å². The summed E-state index contributed by atoms with van der Waals surface area (Å²) in [5.41, 5.74) is 3.30. The molecule has 0 radical (unpaired) electrons. The van der Waals surface area contributed by atoms with E-state index in [-0.39, 0.29) is 43.1 Å². The molecule has 0 bridgehead atoms. The van der Waals surface area contributed by atoms with E-state index in [9.17, 15) is 14.7 Å². The zero-order valence-corrected chi connectivity index (χ0v) is 19.7. The second-order valence-electron chi connectivity index (χ2n) is 9.07. The molecule has 8 nitrogen and oxygen atoms in total. The molecule has 36 heavy (non-hydrogen) atoms. The van der Waals surface area contributed by atoms with Gasteiger partial charge in [0.1, 0.15) is 18.0 Å². The van der Waals surface area contributed by atoms with Gasteiger partial charge in [-0.25, -0.2) is 4.79 Å². The normalized spacial score (nSPS) is 22.0. The molecule has 5 rings (SSSR count). The smallest absolute Gasteiger partial charge is 0.323 e. The van der Waals surface area contributed by atoms with Crippen molar-refractivity contribution in [2.75, 3.05) is 17.2 Å². The molecule has 3 aromatic rings. The summed E-state index contributed by atoms with van der Waals surface area (Å²) in [7, 11) is 0. The summed E-state index contributed by atoms with van der Waals surface area (Å²) in [5, 5.41) is 18.6. The second-order valence-corrected chi connectivity index (χ2v) is 9.07. The predicted octanol–water partition coefficient (Wildman–Crippen LogP) is 4.03. The maximum Gasteiger partial charge on any atom is 0.323 e. The lowest BCUT2D eigenvalue weighted by atomic mass is 9.84. The molecule has 2 heterocycles. The summed E-state index contributed by atoms with van der Waals surface area (Å²) >= 11 is 0. The number of carbonyl (C=O) groups excluding carboxylic acids is 2. The number of nitrogens with one attached hydrogen (secondary N) is 3. The van der Waals surface area contributed by atoms with Crippen molar-refractivity contribution < 1.29 is 24.2 Å². The summed E-state index contributed by atoms with van der Waals surface area (Å²) in [6, 6.07) is 24.1. The van der Waals surface area contributed by atoms with Crippen LogP contribution in [-0.4, -0.2) is 42.0 Å². The largest absolute Gasteiger partial charge is 0.487 e. The Morgan fingerprint density at radius 1 is 0.917 bits per heavy atom. The minimum absolute atomic E-state index is 0.0586. The quantitative estimate of drug-likeness (QED) is 0.402. The molecule has 0 aliphatic carbocycles. The van der Waals surface area contributed by atoms with Crippen molar-refractivity contribution in [3.05, 3.63) is 90.0 Å². The number of ether oxygens (including phenoxy) is 2. The van der Waals surface area contributed by atoms with Crippen LogP contribution in [0.2, 0.25) is 0 Å². The number of para-hydroxylation sites is 1. The number of anilines is 2. The molecule has 8 heteroatoms. The van der Waals surface area contributed by atoms with E-state index >= 15 is 0 Å². The van der Waals surface area contributed by atoms with Crippen molar-refractivity contribution in [2.24, 2.45) is 0 Å². The minimum Gasteiger partial charge on any atom is -0.487 e. The molecule has 2 aliphatic heterocycles. The summed E-state index contributed by atoms with van der Waals surface area (Å²) in [6.07, 6.45) is -0.471. The van der Waals surface area contributed by atoms with Crippen LogP contribution in [0.3, 0.4) is 0 Å². The van der Waals surface area contributed by atoms with E-state index in [4.69, 9.17) is 9.47 Å². The Morgan fingerprint density at radius 3 is 2.39 bits per heavy atom. The monoisotopic (exact) mass is 487 g/mol. The lowest BCUT2D eigenvalue weighted by Gasteiger charge is -2.37. The van der Waals surface area contributed by atoms with Crippen LogP contribution in [0.4, 0.5) is 16.2 Å². The number of fused-ring (bicyclic) bond motifs is 3. The van der Waals surface area contributed by atoms with Gasteiger partial charge in [0, 0.05) is 29.4 Å². The third kappa shape index (κ3) is 5.50. The van der Waals surface area contributed by atoms with Crippen LogP contribution in [0.1, 0.15) is 29.9 Å². The van der Waals surface area contributed by atoms with E-state index in [1.165, 1.54) is 0 Å². The van der Waals surface area contributed by atoms with Gasteiger partial charge in [-0.3, -0.25) is 4.79 Å². The fourth-order valence-electron chi connectivity index (χ4n) is 4.86. The molecule has 1 saturated heterocycles. The van der Waals surface area contributed by atoms with Gasteiger partial charge in [-0.15, -0.1) is 0 Å². The number of benzene rings is 3. The number of hydrogen-bond acceptors (Lipinski definition) is 5. The highest BCUT2D eigenvalue weighted by molar-refractivity contribution is 5.99. The average Bonchev–Trinajstić information content (AvgIpc) is 3.26. The summed E-state index contributed by atoms with van der Waals surface area (Å²) in [6.45, 7) is 0.246. The number of hydrogen-bond donors (Lipinski definition) is 4. The van der Waals surface area contributed by atoms with Crippen LogP contribution in [0.25, 0.3) is 0 Å². The lowest BCUT2D eigenvalue weighted by molar-refractivity contribution is -0.142. The van der Waals surface area contributed by atoms with Crippen LogP contribution >= 0.6 is 0 Å². The van der Waals surface area contributed by atoms with E-state index in [0.717, 1.165) is 11.1 Å². The average molecular weight is 488 g/mol. The Hall–Kier alpha value is -3.88. The Kier molecular flexibility index (Phi) is 7.16. The standard InChI is InChI=1S/C28H29N3O5/c32-17-25-27-23(14-21(35-25)15-26(33)29-16-18-7-3-1-4-8-18)22-13-20(11-12-24(22)36-27)31-28(34)30-19-9-5-2-6-10-19/h1-13,21,23,25,27,32H,14-17H2,(H,29,33)(H2,30,31,34)/t21-,23-,25+,27+/m1/s1. The summed E-state index contributed by atoms with van der Waals surface area (Å²) in [5.74, 6) is 0.540. The van der Waals surface area contributed by atoms with Gasteiger partial charge < -0.3 is 30.5 Å². The molecule has 0 spiro atoms. The van der Waals surface area contributed by atoms with Gasteiger partial charge in [-0.1, -0.05) is 48.5 Å². The first-order valence-corrected chi connectivity index (χ1v) is 12.1. The van der Waals surface area contributed by atoms with Crippen molar-refractivity contribution >= 4 is 23.3 Å². The predicted molar refractivity (Wildman–Crippen MR) is 136 cm³/mol. The van der Waals surface area contributed by atoms with E-state index in [1.807, 2.05) is 72.8 Å².